The molecule has 10 heteroatoms. The predicted octanol–water partition coefficient (Wildman–Crippen LogP) is -1.97. The van der Waals surface area contributed by atoms with Gasteiger partial charge in [0.1, 0.15) is 18.1 Å². The number of nitrogens with one attached hydrogen (secondary N) is 2. The Morgan fingerprint density at radius 3 is 2.42 bits per heavy atom. The molecule has 10 nitrogen and oxygen atoms in total. The van der Waals surface area contributed by atoms with Crippen LogP contribution in [0, 0.1) is 5.92 Å². The zero-order chi connectivity index (χ0) is 19.9. The molecule has 3 amide bonds. The molecule has 0 aliphatic carbocycles. The van der Waals surface area contributed by atoms with Crippen LogP contribution in [0.15, 0.2) is 0 Å². The molecule has 148 valence electrons. The van der Waals surface area contributed by atoms with Crippen molar-refractivity contribution in [3.63, 3.8) is 0 Å². The van der Waals surface area contributed by atoms with Crippen LogP contribution < -0.4 is 16.4 Å². The van der Waals surface area contributed by atoms with E-state index in [1.807, 2.05) is 13.8 Å². The van der Waals surface area contributed by atoms with Gasteiger partial charge in [-0.05, 0) is 25.2 Å². The highest BCUT2D eigenvalue weighted by atomic mass is 16.4. The van der Waals surface area contributed by atoms with Crippen LogP contribution in [-0.2, 0) is 19.2 Å². The van der Waals surface area contributed by atoms with E-state index in [0.29, 0.717) is 25.8 Å². The number of carboxylic acid groups (broad SMARTS) is 1. The summed E-state index contributed by atoms with van der Waals surface area (Å²) < 4.78 is 0. The molecule has 0 saturated carbocycles. The average molecular weight is 372 g/mol. The lowest BCUT2D eigenvalue weighted by Gasteiger charge is -2.24. The Balaban J connectivity index is 2.64. The summed E-state index contributed by atoms with van der Waals surface area (Å²) in [4.78, 5) is 48.7. The molecule has 1 aliphatic heterocycles. The Kier molecular flexibility index (Phi) is 8.46. The second kappa shape index (κ2) is 10.1. The molecule has 0 aromatic rings. The minimum Gasteiger partial charge on any atom is -0.480 e. The van der Waals surface area contributed by atoms with Crippen LogP contribution in [-0.4, -0.2) is 76.6 Å². The van der Waals surface area contributed by atoms with Crippen LogP contribution >= 0.6 is 0 Å². The SMILES string of the molecule is CC(C)CC(NC(=O)C(N)CO)C(=O)NCC(=O)N1CCCC1C(=O)O. The van der Waals surface area contributed by atoms with E-state index in [9.17, 15) is 19.2 Å². The quantitative estimate of drug-likeness (QED) is 0.313. The first-order valence-electron chi connectivity index (χ1n) is 8.64. The third-order valence-corrected chi connectivity index (χ3v) is 4.15. The minimum atomic E-state index is -1.14. The van der Waals surface area contributed by atoms with E-state index < -0.39 is 48.4 Å². The maximum absolute atomic E-state index is 12.3. The van der Waals surface area contributed by atoms with Crippen LogP contribution in [0.25, 0.3) is 0 Å². The van der Waals surface area contributed by atoms with Crippen molar-refractivity contribution in [1.82, 2.24) is 15.5 Å². The number of nitrogens with two attached hydrogens (primary N) is 1. The summed E-state index contributed by atoms with van der Waals surface area (Å²) in [5.74, 6) is -2.68. The Labute approximate surface area is 152 Å². The maximum Gasteiger partial charge on any atom is 0.326 e. The lowest BCUT2D eigenvalue weighted by Crippen LogP contribution is -2.54. The highest BCUT2D eigenvalue weighted by Crippen LogP contribution is 2.17. The third-order valence-electron chi connectivity index (χ3n) is 4.15. The van der Waals surface area contributed by atoms with Gasteiger partial charge in [0.25, 0.3) is 0 Å². The molecule has 0 spiro atoms. The van der Waals surface area contributed by atoms with E-state index >= 15 is 0 Å². The number of nitrogens with zero attached hydrogens (tertiary/aromatic N) is 1. The van der Waals surface area contributed by atoms with Crippen molar-refractivity contribution in [1.29, 1.82) is 0 Å². The highest BCUT2D eigenvalue weighted by molar-refractivity contribution is 5.92. The van der Waals surface area contributed by atoms with E-state index in [0.717, 1.165) is 0 Å². The normalized spacial score (nSPS) is 19.1. The standard InChI is InChI=1S/C16H28N4O6/c1-9(2)6-11(19-14(23)10(17)8-21)15(24)18-7-13(22)20-5-3-4-12(20)16(25)26/h9-12,21H,3-8,17H2,1-2H3,(H,18,24)(H,19,23)(H,25,26). The predicted molar refractivity (Wildman–Crippen MR) is 91.8 cm³/mol. The van der Waals surface area contributed by atoms with Gasteiger partial charge in [-0.3, -0.25) is 14.4 Å². The van der Waals surface area contributed by atoms with Gasteiger partial charge in [0.2, 0.25) is 17.7 Å². The number of likely N-dealkylation sites (tertiary alicyclic amines) is 1. The molecule has 0 bridgehead atoms. The molecule has 3 atom stereocenters. The van der Waals surface area contributed by atoms with Crippen molar-refractivity contribution in [3.05, 3.63) is 0 Å². The Morgan fingerprint density at radius 2 is 1.88 bits per heavy atom. The van der Waals surface area contributed by atoms with Gasteiger partial charge in [0, 0.05) is 6.54 Å². The van der Waals surface area contributed by atoms with Crippen LogP contribution in [0.4, 0.5) is 0 Å². The largest absolute Gasteiger partial charge is 0.480 e. The Bertz CT molecular complexity index is 539. The van der Waals surface area contributed by atoms with Crippen LogP contribution in [0.5, 0.6) is 0 Å². The molecule has 1 rings (SSSR count). The molecular weight excluding hydrogens is 344 g/mol. The summed E-state index contributed by atoms with van der Waals surface area (Å²) in [5, 5.41) is 22.9. The first-order chi connectivity index (χ1) is 12.2. The van der Waals surface area contributed by atoms with Gasteiger partial charge in [-0.15, -0.1) is 0 Å². The van der Waals surface area contributed by atoms with E-state index in [2.05, 4.69) is 10.6 Å². The van der Waals surface area contributed by atoms with E-state index in [-0.39, 0.29) is 12.5 Å². The minimum absolute atomic E-state index is 0.0853. The van der Waals surface area contributed by atoms with Crippen molar-refractivity contribution in [3.8, 4) is 0 Å². The molecular formula is C16H28N4O6. The summed E-state index contributed by atoms with van der Waals surface area (Å²) in [6.07, 6.45) is 1.31. The summed E-state index contributed by atoms with van der Waals surface area (Å²) >= 11 is 0. The zero-order valence-corrected chi connectivity index (χ0v) is 15.1. The number of aliphatic hydroxyl groups is 1. The number of aliphatic carboxylic acids is 1. The number of hydrogen-bond donors (Lipinski definition) is 5. The monoisotopic (exact) mass is 372 g/mol. The summed E-state index contributed by atoms with van der Waals surface area (Å²) in [6.45, 7) is 3.17. The van der Waals surface area contributed by atoms with Gasteiger partial charge in [-0.25, -0.2) is 4.79 Å². The molecule has 3 unspecified atom stereocenters. The molecule has 1 heterocycles. The molecule has 0 aromatic carbocycles. The summed E-state index contributed by atoms with van der Waals surface area (Å²) in [6, 6.07) is -2.91. The first-order valence-corrected chi connectivity index (χ1v) is 8.64. The second-order valence-electron chi connectivity index (χ2n) is 6.78. The zero-order valence-electron chi connectivity index (χ0n) is 15.1. The molecule has 1 saturated heterocycles. The van der Waals surface area contributed by atoms with Gasteiger partial charge < -0.3 is 31.5 Å². The number of hydrogen-bond acceptors (Lipinski definition) is 6. The van der Waals surface area contributed by atoms with Crippen molar-refractivity contribution < 1.29 is 29.4 Å². The van der Waals surface area contributed by atoms with Crippen LogP contribution in [0.1, 0.15) is 33.1 Å². The van der Waals surface area contributed by atoms with Crippen molar-refractivity contribution >= 4 is 23.7 Å². The molecule has 0 aromatic heterocycles. The van der Waals surface area contributed by atoms with Gasteiger partial charge in [0.05, 0.1) is 13.2 Å². The number of rotatable bonds is 9. The Hall–Kier alpha value is -2.20. The second-order valence-corrected chi connectivity index (χ2v) is 6.78. The highest BCUT2D eigenvalue weighted by Gasteiger charge is 2.34. The molecule has 6 N–H and O–H groups in total. The van der Waals surface area contributed by atoms with Crippen molar-refractivity contribution in [2.24, 2.45) is 11.7 Å². The van der Waals surface area contributed by atoms with Gasteiger partial charge >= 0.3 is 5.97 Å². The fourth-order valence-corrected chi connectivity index (χ4v) is 2.77. The smallest absolute Gasteiger partial charge is 0.326 e. The summed E-state index contributed by atoms with van der Waals surface area (Å²) in [5.41, 5.74) is 5.43. The van der Waals surface area contributed by atoms with E-state index in [4.69, 9.17) is 15.9 Å². The topological polar surface area (TPSA) is 162 Å². The van der Waals surface area contributed by atoms with Gasteiger partial charge in [0.15, 0.2) is 0 Å². The molecule has 1 fully saturated rings. The van der Waals surface area contributed by atoms with Crippen molar-refractivity contribution in [2.45, 2.75) is 51.2 Å². The molecule has 1 aliphatic rings. The van der Waals surface area contributed by atoms with Crippen molar-refractivity contribution in [2.75, 3.05) is 19.7 Å². The Morgan fingerprint density at radius 1 is 1.23 bits per heavy atom. The number of carbonyl (C=O) groups excluding carboxylic acids is 3. The first kappa shape index (κ1) is 21.8. The fourth-order valence-electron chi connectivity index (χ4n) is 2.77. The van der Waals surface area contributed by atoms with E-state index in [1.165, 1.54) is 4.90 Å². The van der Waals surface area contributed by atoms with Gasteiger partial charge in [-0.2, -0.15) is 0 Å². The third kappa shape index (κ3) is 6.26. The maximum atomic E-state index is 12.3. The van der Waals surface area contributed by atoms with Crippen LogP contribution in [0.2, 0.25) is 0 Å². The number of carboxylic acids is 1. The molecule has 0 radical (unpaired) electrons. The lowest BCUT2D eigenvalue weighted by molar-refractivity contribution is -0.148. The number of carbonyl (C=O) groups is 4. The van der Waals surface area contributed by atoms with E-state index in [1.54, 1.807) is 0 Å². The molecule has 26 heavy (non-hydrogen) atoms. The lowest BCUT2D eigenvalue weighted by atomic mass is 10.0. The number of amides is 3. The fraction of sp³-hybridized carbons (Fsp3) is 0.750. The average Bonchev–Trinajstić information content (AvgIpc) is 3.07. The summed E-state index contributed by atoms with van der Waals surface area (Å²) in [7, 11) is 0. The van der Waals surface area contributed by atoms with Crippen LogP contribution in [0.3, 0.4) is 0 Å². The van der Waals surface area contributed by atoms with Gasteiger partial charge in [-0.1, -0.05) is 13.8 Å². The number of aliphatic hydroxyl groups excluding tert-OH is 1.